The minimum absolute atomic E-state index is 0.0231. The molecule has 1 heterocycles. The van der Waals surface area contributed by atoms with Gasteiger partial charge in [-0.3, -0.25) is 14.5 Å². The Labute approximate surface area is 161 Å². The van der Waals surface area contributed by atoms with Gasteiger partial charge >= 0.3 is 0 Å². The number of guanidine groups is 1. The smallest absolute Gasteiger partial charge is 0.231 e. The van der Waals surface area contributed by atoms with Gasteiger partial charge in [0.15, 0.2) is 5.96 Å². The van der Waals surface area contributed by atoms with E-state index >= 15 is 0 Å². The van der Waals surface area contributed by atoms with Gasteiger partial charge in [0.05, 0.1) is 18.0 Å². The highest BCUT2D eigenvalue weighted by atomic mass is 16.2. The molecule has 3 rings (SSSR count). The van der Waals surface area contributed by atoms with Crippen molar-refractivity contribution >= 4 is 17.8 Å². The molecule has 1 aromatic rings. The topological polar surface area (TPSA) is 87.8 Å². The highest BCUT2D eigenvalue weighted by molar-refractivity contribution is 5.99. The van der Waals surface area contributed by atoms with Crippen molar-refractivity contribution in [3.63, 3.8) is 0 Å². The van der Waals surface area contributed by atoms with Crippen LogP contribution in [0.3, 0.4) is 0 Å². The van der Waals surface area contributed by atoms with Gasteiger partial charge in [-0.25, -0.2) is 4.99 Å². The number of benzene rings is 1. The molecule has 0 spiro atoms. The van der Waals surface area contributed by atoms with E-state index in [9.17, 15) is 9.59 Å². The molecule has 0 radical (unpaired) electrons. The first-order valence-electron chi connectivity index (χ1n) is 9.90. The van der Waals surface area contributed by atoms with Crippen molar-refractivity contribution in [3.8, 4) is 0 Å². The Morgan fingerprint density at radius 1 is 1.33 bits per heavy atom. The summed E-state index contributed by atoms with van der Waals surface area (Å²) in [5, 5.41) is 3.08. The first-order valence-corrected chi connectivity index (χ1v) is 9.90. The maximum absolute atomic E-state index is 12.6. The van der Waals surface area contributed by atoms with E-state index in [0.29, 0.717) is 18.9 Å². The predicted molar refractivity (Wildman–Crippen MR) is 106 cm³/mol. The second kappa shape index (κ2) is 7.71. The maximum atomic E-state index is 12.6. The molecule has 1 aliphatic heterocycles. The third-order valence-corrected chi connectivity index (χ3v) is 6.06. The van der Waals surface area contributed by atoms with E-state index < -0.39 is 0 Å². The number of nitrogens with zero attached hydrogens (tertiary/aromatic N) is 2. The van der Waals surface area contributed by atoms with Gasteiger partial charge in [-0.15, -0.1) is 0 Å². The molecule has 3 N–H and O–H groups in total. The predicted octanol–water partition coefficient (Wildman–Crippen LogP) is 2.61. The quantitative estimate of drug-likeness (QED) is 0.773. The van der Waals surface area contributed by atoms with Crippen LogP contribution in [0.15, 0.2) is 35.3 Å². The van der Waals surface area contributed by atoms with Crippen LogP contribution in [0, 0.1) is 11.8 Å². The van der Waals surface area contributed by atoms with Crippen molar-refractivity contribution in [2.24, 2.45) is 22.6 Å². The van der Waals surface area contributed by atoms with Crippen molar-refractivity contribution in [2.75, 3.05) is 6.54 Å². The summed E-state index contributed by atoms with van der Waals surface area (Å²) in [6.07, 6.45) is 2.79. The van der Waals surface area contributed by atoms with Crippen LogP contribution in [-0.2, 0) is 9.59 Å². The molecular weight excluding hydrogens is 340 g/mol. The lowest BCUT2D eigenvalue weighted by molar-refractivity contribution is -0.130. The first kappa shape index (κ1) is 19.4. The van der Waals surface area contributed by atoms with E-state index in [4.69, 9.17) is 5.73 Å². The minimum atomic E-state index is -0.358. The van der Waals surface area contributed by atoms with Crippen LogP contribution < -0.4 is 11.1 Å². The Kier molecular flexibility index (Phi) is 5.53. The molecule has 1 aliphatic carbocycles. The molecule has 6 heteroatoms. The molecule has 0 bridgehead atoms. The van der Waals surface area contributed by atoms with Gasteiger partial charge in [0.25, 0.3) is 0 Å². The van der Waals surface area contributed by atoms with Crippen molar-refractivity contribution < 1.29 is 9.59 Å². The number of nitrogens with one attached hydrogen (secondary N) is 1. The Balaban J connectivity index is 1.56. The summed E-state index contributed by atoms with van der Waals surface area (Å²) in [7, 11) is 0. The fraction of sp³-hybridized carbons (Fsp3) is 0.571. The molecule has 2 aliphatic rings. The van der Waals surface area contributed by atoms with E-state index in [1.54, 1.807) is 4.90 Å². The third-order valence-electron chi connectivity index (χ3n) is 6.06. The zero-order valence-electron chi connectivity index (χ0n) is 16.4. The van der Waals surface area contributed by atoms with Gasteiger partial charge in [0.1, 0.15) is 0 Å². The summed E-state index contributed by atoms with van der Waals surface area (Å²) in [5.74, 6) is 0.476. The summed E-state index contributed by atoms with van der Waals surface area (Å²) in [4.78, 5) is 31.3. The van der Waals surface area contributed by atoms with Crippen LogP contribution in [0.4, 0.5) is 0 Å². The van der Waals surface area contributed by atoms with Gasteiger partial charge in [0.2, 0.25) is 11.8 Å². The number of hydrogen-bond donors (Lipinski definition) is 2. The van der Waals surface area contributed by atoms with Gasteiger partial charge in [-0.2, -0.15) is 0 Å². The summed E-state index contributed by atoms with van der Waals surface area (Å²) < 4.78 is 0. The second-order valence-corrected chi connectivity index (χ2v) is 7.83. The number of carbonyl (C=O) groups excluding carboxylic acids is 2. The Hall–Kier alpha value is -2.37. The van der Waals surface area contributed by atoms with Crippen LogP contribution in [0.5, 0.6) is 0 Å². The normalized spacial score (nSPS) is 24.9. The molecule has 1 fully saturated rings. The average Bonchev–Trinajstić information content (AvgIpc) is 3.44. The molecule has 146 valence electrons. The third kappa shape index (κ3) is 4.15. The molecular formula is C21H30N4O2. The van der Waals surface area contributed by atoms with Crippen LogP contribution in [0.25, 0.3) is 0 Å². The van der Waals surface area contributed by atoms with Gasteiger partial charge in [-0.1, -0.05) is 44.2 Å². The van der Waals surface area contributed by atoms with Crippen molar-refractivity contribution in [1.82, 2.24) is 10.2 Å². The molecule has 0 saturated heterocycles. The minimum Gasteiger partial charge on any atom is -0.369 e. The summed E-state index contributed by atoms with van der Waals surface area (Å²) in [6, 6.07) is 9.88. The molecule has 1 saturated carbocycles. The second-order valence-electron chi connectivity index (χ2n) is 7.83. The average molecular weight is 370 g/mol. The fourth-order valence-electron chi connectivity index (χ4n) is 3.85. The Morgan fingerprint density at radius 3 is 2.59 bits per heavy atom. The van der Waals surface area contributed by atoms with Gasteiger partial charge in [0, 0.05) is 12.5 Å². The maximum Gasteiger partial charge on any atom is 0.231 e. The summed E-state index contributed by atoms with van der Waals surface area (Å²) in [6.45, 7) is 6.55. The number of aliphatic imine (C=N–C) groups is 1. The SMILES string of the molecule is CCC1(CC)CC(=O)N(CC2CC2C(=O)N[C@H](C)c2ccccc2)C(N)=N1. The number of hydrogen-bond acceptors (Lipinski definition) is 4. The zero-order chi connectivity index (χ0) is 19.6. The fourth-order valence-corrected chi connectivity index (χ4v) is 3.85. The lowest BCUT2D eigenvalue weighted by atomic mass is 9.88. The van der Waals surface area contributed by atoms with Crippen molar-refractivity contribution in [3.05, 3.63) is 35.9 Å². The van der Waals surface area contributed by atoms with E-state index in [2.05, 4.69) is 10.3 Å². The Bertz CT molecular complexity index is 727. The highest BCUT2D eigenvalue weighted by Crippen LogP contribution is 2.40. The summed E-state index contributed by atoms with van der Waals surface area (Å²) in [5.41, 5.74) is 6.83. The molecule has 6 nitrogen and oxygen atoms in total. The largest absolute Gasteiger partial charge is 0.369 e. The number of amides is 2. The first-order chi connectivity index (χ1) is 12.9. The molecule has 0 aromatic heterocycles. The van der Waals surface area contributed by atoms with Crippen LogP contribution in [0.1, 0.15) is 58.1 Å². The van der Waals surface area contributed by atoms with E-state index in [0.717, 1.165) is 24.8 Å². The van der Waals surface area contributed by atoms with Crippen LogP contribution in [0.2, 0.25) is 0 Å². The molecule has 3 atom stereocenters. The molecule has 2 amide bonds. The Morgan fingerprint density at radius 2 is 2.00 bits per heavy atom. The van der Waals surface area contributed by atoms with Gasteiger partial charge < -0.3 is 11.1 Å². The van der Waals surface area contributed by atoms with Gasteiger partial charge in [-0.05, 0) is 37.7 Å². The lowest BCUT2D eigenvalue weighted by Gasteiger charge is -2.36. The highest BCUT2D eigenvalue weighted by Gasteiger charge is 2.46. The lowest BCUT2D eigenvalue weighted by Crippen LogP contribution is -2.52. The van der Waals surface area contributed by atoms with Crippen molar-refractivity contribution in [2.45, 2.75) is 58.0 Å². The van der Waals surface area contributed by atoms with E-state index in [-0.39, 0.29) is 35.2 Å². The molecule has 2 unspecified atom stereocenters. The van der Waals surface area contributed by atoms with Crippen LogP contribution >= 0.6 is 0 Å². The monoisotopic (exact) mass is 370 g/mol. The van der Waals surface area contributed by atoms with E-state index in [1.807, 2.05) is 51.1 Å². The summed E-state index contributed by atoms with van der Waals surface area (Å²) >= 11 is 0. The zero-order valence-corrected chi connectivity index (χ0v) is 16.4. The number of carbonyl (C=O) groups is 2. The molecule has 1 aromatic carbocycles. The standard InChI is InChI=1S/C21H30N4O2/c1-4-21(5-2)12-18(26)25(20(22)24-21)13-16-11-17(16)19(27)23-14(3)15-9-7-6-8-10-15/h6-10,14,16-17H,4-5,11-13H2,1-3H3,(H2,22,24)(H,23,27)/t14-,16?,17?/m1/s1. The molecule has 27 heavy (non-hydrogen) atoms. The number of nitrogens with two attached hydrogens (primary N) is 1. The van der Waals surface area contributed by atoms with Crippen molar-refractivity contribution in [1.29, 1.82) is 0 Å². The van der Waals surface area contributed by atoms with Crippen LogP contribution in [-0.4, -0.2) is 34.8 Å². The number of rotatable bonds is 7. The van der Waals surface area contributed by atoms with E-state index in [1.165, 1.54) is 0 Å².